The van der Waals surface area contributed by atoms with Crippen LogP contribution in [0.5, 0.6) is 0 Å². The monoisotopic (exact) mass is 457 g/mol. The number of carbonyl (C=O) groups excluding carboxylic acids is 1. The van der Waals surface area contributed by atoms with E-state index in [1.54, 1.807) is 10.8 Å². The van der Waals surface area contributed by atoms with Crippen LogP contribution >= 0.6 is 11.6 Å². The molecule has 170 valence electrons. The Labute approximate surface area is 191 Å². The Balaban J connectivity index is 1.33. The molecule has 0 atom stereocenters. The number of anilines is 1. The Morgan fingerprint density at radius 3 is 2.88 bits per heavy atom. The first-order valence-electron chi connectivity index (χ1n) is 10.9. The number of fused-ring (bicyclic) bond motifs is 1. The van der Waals surface area contributed by atoms with Gasteiger partial charge >= 0.3 is 0 Å². The molecule has 0 saturated carbocycles. The quantitative estimate of drug-likeness (QED) is 0.448. The Morgan fingerprint density at radius 1 is 1.25 bits per heavy atom. The van der Waals surface area contributed by atoms with Gasteiger partial charge in [-0.2, -0.15) is 5.10 Å². The first-order valence-corrected chi connectivity index (χ1v) is 11.3. The van der Waals surface area contributed by atoms with Crippen molar-refractivity contribution in [1.82, 2.24) is 30.0 Å². The van der Waals surface area contributed by atoms with Gasteiger partial charge < -0.3 is 20.1 Å². The van der Waals surface area contributed by atoms with Crippen molar-refractivity contribution in [3.63, 3.8) is 0 Å². The van der Waals surface area contributed by atoms with Gasteiger partial charge in [-0.05, 0) is 44.4 Å². The van der Waals surface area contributed by atoms with Gasteiger partial charge in [-0.3, -0.25) is 14.7 Å². The molecule has 10 heteroatoms. The van der Waals surface area contributed by atoms with Gasteiger partial charge in [0.25, 0.3) is 5.56 Å². The molecule has 0 unspecified atom stereocenters. The van der Waals surface area contributed by atoms with Crippen molar-refractivity contribution in [3.05, 3.63) is 51.2 Å². The van der Waals surface area contributed by atoms with E-state index in [0.29, 0.717) is 24.7 Å². The number of H-pyrrole nitrogens is 1. The van der Waals surface area contributed by atoms with Gasteiger partial charge in [0, 0.05) is 55.0 Å². The smallest absolute Gasteiger partial charge is 0.293 e. The summed E-state index contributed by atoms with van der Waals surface area (Å²) in [5.41, 5.74) is 2.35. The number of piperidine rings is 1. The fourth-order valence-electron chi connectivity index (χ4n) is 3.96. The molecule has 1 aliphatic rings. The first kappa shape index (κ1) is 22.3. The number of hydrogen-bond donors (Lipinski definition) is 3. The zero-order valence-corrected chi connectivity index (χ0v) is 18.9. The summed E-state index contributed by atoms with van der Waals surface area (Å²) < 4.78 is 1.66. The molecule has 0 radical (unpaired) electrons. The molecule has 1 aliphatic heterocycles. The molecule has 1 aromatic carbocycles. The number of benzene rings is 1. The minimum Gasteiger partial charge on any atom is -0.356 e. The third kappa shape index (κ3) is 5.11. The summed E-state index contributed by atoms with van der Waals surface area (Å²) in [6.07, 6.45) is 4.89. The van der Waals surface area contributed by atoms with Gasteiger partial charge in [0.15, 0.2) is 5.82 Å². The number of carbonyl (C=O) groups is 1. The van der Waals surface area contributed by atoms with Crippen LogP contribution in [0.15, 0.2) is 29.2 Å². The Bertz CT molecular complexity index is 1150. The van der Waals surface area contributed by atoms with Gasteiger partial charge in [0.05, 0.1) is 17.8 Å². The molecule has 1 saturated heterocycles. The Morgan fingerprint density at radius 2 is 2.06 bits per heavy atom. The molecule has 4 rings (SSSR count). The van der Waals surface area contributed by atoms with Crippen LogP contribution < -0.4 is 16.2 Å². The number of likely N-dealkylation sites (tertiary alicyclic amines) is 1. The SMILES string of the molecule is Cc1cnc(NCC(=O)N2CCCCC2)c(=O)n1CCNCc1[nH]nc2ccc(Cl)cc12. The number of aromatic amines is 1. The molecule has 3 heterocycles. The highest BCUT2D eigenvalue weighted by atomic mass is 35.5. The lowest BCUT2D eigenvalue weighted by Gasteiger charge is -2.26. The Hall–Kier alpha value is -2.91. The first-order chi connectivity index (χ1) is 15.5. The van der Waals surface area contributed by atoms with Gasteiger partial charge in [0.1, 0.15) is 0 Å². The number of rotatable bonds is 8. The van der Waals surface area contributed by atoms with E-state index >= 15 is 0 Å². The van der Waals surface area contributed by atoms with Gasteiger partial charge in [-0.15, -0.1) is 0 Å². The predicted octanol–water partition coefficient (Wildman–Crippen LogP) is 2.30. The average molecular weight is 458 g/mol. The van der Waals surface area contributed by atoms with Gasteiger partial charge in [0.2, 0.25) is 5.91 Å². The minimum atomic E-state index is -0.225. The third-order valence-electron chi connectivity index (χ3n) is 5.78. The van der Waals surface area contributed by atoms with Crippen molar-refractivity contribution < 1.29 is 4.79 Å². The van der Waals surface area contributed by atoms with Gasteiger partial charge in [-0.25, -0.2) is 4.98 Å². The number of halogens is 1. The lowest BCUT2D eigenvalue weighted by atomic mass is 10.1. The largest absolute Gasteiger partial charge is 0.356 e. The van der Waals surface area contributed by atoms with Crippen LogP contribution in [-0.4, -0.2) is 56.7 Å². The van der Waals surface area contributed by atoms with E-state index in [1.165, 1.54) is 6.42 Å². The normalized spacial score (nSPS) is 14.1. The number of amides is 1. The van der Waals surface area contributed by atoms with Crippen LogP contribution in [0.4, 0.5) is 5.82 Å². The number of nitrogens with one attached hydrogen (secondary N) is 3. The number of nitrogens with zero attached hydrogens (tertiary/aromatic N) is 4. The summed E-state index contributed by atoms with van der Waals surface area (Å²) in [6, 6.07) is 5.58. The zero-order valence-electron chi connectivity index (χ0n) is 18.2. The van der Waals surface area contributed by atoms with E-state index < -0.39 is 0 Å². The van der Waals surface area contributed by atoms with E-state index in [1.807, 2.05) is 30.0 Å². The molecular formula is C22H28ClN7O2. The molecule has 9 nitrogen and oxygen atoms in total. The van der Waals surface area contributed by atoms with Crippen molar-refractivity contribution in [3.8, 4) is 0 Å². The molecular weight excluding hydrogens is 430 g/mol. The van der Waals surface area contributed by atoms with Crippen LogP contribution in [0.1, 0.15) is 30.7 Å². The minimum absolute atomic E-state index is 0.00609. The van der Waals surface area contributed by atoms with Crippen LogP contribution in [0.25, 0.3) is 10.9 Å². The highest BCUT2D eigenvalue weighted by Crippen LogP contribution is 2.20. The van der Waals surface area contributed by atoms with Crippen LogP contribution in [0.2, 0.25) is 5.02 Å². The summed E-state index contributed by atoms with van der Waals surface area (Å²) in [5.74, 6) is 0.210. The van der Waals surface area contributed by atoms with Crippen molar-refractivity contribution >= 4 is 34.2 Å². The zero-order chi connectivity index (χ0) is 22.5. The fraction of sp³-hybridized carbons (Fsp3) is 0.455. The fourth-order valence-corrected chi connectivity index (χ4v) is 4.13. The van der Waals surface area contributed by atoms with E-state index in [0.717, 1.165) is 48.2 Å². The molecule has 3 aromatic rings. The molecule has 0 bridgehead atoms. The van der Waals surface area contributed by atoms with E-state index in [2.05, 4.69) is 25.8 Å². The summed E-state index contributed by atoms with van der Waals surface area (Å²) in [4.78, 5) is 31.3. The average Bonchev–Trinajstić information content (AvgIpc) is 3.20. The highest BCUT2D eigenvalue weighted by Gasteiger charge is 2.17. The molecule has 3 N–H and O–H groups in total. The van der Waals surface area contributed by atoms with Crippen molar-refractivity contribution in [1.29, 1.82) is 0 Å². The lowest BCUT2D eigenvalue weighted by Crippen LogP contribution is -2.40. The maximum atomic E-state index is 12.9. The van der Waals surface area contributed by atoms with Crippen molar-refractivity contribution in [2.75, 3.05) is 31.5 Å². The predicted molar refractivity (Wildman–Crippen MR) is 125 cm³/mol. The van der Waals surface area contributed by atoms with Crippen LogP contribution in [0.3, 0.4) is 0 Å². The number of aryl methyl sites for hydroxylation is 1. The summed E-state index contributed by atoms with van der Waals surface area (Å²) >= 11 is 6.09. The topological polar surface area (TPSA) is 108 Å². The highest BCUT2D eigenvalue weighted by molar-refractivity contribution is 6.31. The second-order valence-corrected chi connectivity index (χ2v) is 8.48. The second-order valence-electron chi connectivity index (χ2n) is 8.04. The van der Waals surface area contributed by atoms with Gasteiger partial charge in [-0.1, -0.05) is 11.6 Å². The molecule has 2 aromatic heterocycles. The molecule has 0 aliphatic carbocycles. The molecule has 0 spiro atoms. The van der Waals surface area contributed by atoms with Crippen molar-refractivity contribution in [2.24, 2.45) is 0 Å². The standard InChI is InChI=1S/C22H28ClN7O2/c1-15-12-25-21(26-14-20(31)29-8-3-2-4-9-29)22(32)30(15)10-7-24-13-19-17-11-16(23)5-6-18(17)27-28-19/h5-6,11-12,24H,2-4,7-10,13-14H2,1H3,(H,25,26)(H,27,28). The van der Waals surface area contributed by atoms with E-state index in [9.17, 15) is 9.59 Å². The second kappa shape index (κ2) is 10.1. The molecule has 32 heavy (non-hydrogen) atoms. The van der Waals surface area contributed by atoms with Crippen molar-refractivity contribution in [2.45, 2.75) is 39.3 Å². The van der Waals surface area contributed by atoms with E-state index in [-0.39, 0.29) is 23.8 Å². The number of hydrogen-bond acceptors (Lipinski definition) is 6. The Kier molecular flexibility index (Phi) is 7.06. The molecule has 1 fully saturated rings. The lowest BCUT2D eigenvalue weighted by molar-refractivity contribution is -0.130. The number of aromatic nitrogens is 4. The molecule has 1 amide bonds. The summed E-state index contributed by atoms with van der Waals surface area (Å²) in [5, 5.41) is 15.2. The maximum absolute atomic E-state index is 12.9. The van der Waals surface area contributed by atoms with Crippen LogP contribution in [-0.2, 0) is 17.9 Å². The van der Waals surface area contributed by atoms with Crippen LogP contribution in [0, 0.1) is 6.92 Å². The maximum Gasteiger partial charge on any atom is 0.293 e. The van der Waals surface area contributed by atoms with E-state index in [4.69, 9.17) is 11.6 Å². The summed E-state index contributed by atoms with van der Waals surface area (Å²) in [7, 11) is 0. The summed E-state index contributed by atoms with van der Waals surface area (Å²) in [6.45, 7) is 5.14. The third-order valence-corrected chi connectivity index (χ3v) is 6.01.